The van der Waals surface area contributed by atoms with Gasteiger partial charge in [-0.15, -0.1) is 0 Å². The molecule has 7 nitrogen and oxygen atoms in total. The molecular formula is C30H36ClN3O4S. The van der Waals surface area contributed by atoms with Crippen LogP contribution in [0, 0.1) is 13.8 Å². The summed E-state index contributed by atoms with van der Waals surface area (Å²) in [7, 11) is -4.12. The van der Waals surface area contributed by atoms with Gasteiger partial charge in [-0.25, -0.2) is 8.42 Å². The number of sulfonamides is 1. The van der Waals surface area contributed by atoms with Crippen molar-refractivity contribution in [1.29, 1.82) is 0 Å². The van der Waals surface area contributed by atoms with Crippen LogP contribution in [0.5, 0.6) is 0 Å². The van der Waals surface area contributed by atoms with E-state index in [2.05, 4.69) is 5.32 Å². The molecule has 1 N–H and O–H groups in total. The Labute approximate surface area is 236 Å². The Kier molecular flexibility index (Phi) is 10.2. The smallest absolute Gasteiger partial charge is 0.264 e. The summed E-state index contributed by atoms with van der Waals surface area (Å²) in [5, 5.41) is 3.35. The lowest BCUT2D eigenvalue weighted by Gasteiger charge is -2.34. The van der Waals surface area contributed by atoms with Crippen molar-refractivity contribution in [3.63, 3.8) is 0 Å². The Morgan fingerprint density at radius 1 is 0.923 bits per heavy atom. The van der Waals surface area contributed by atoms with Crippen molar-refractivity contribution >= 4 is 39.1 Å². The highest BCUT2D eigenvalue weighted by Crippen LogP contribution is 2.29. The van der Waals surface area contributed by atoms with E-state index < -0.39 is 28.5 Å². The minimum absolute atomic E-state index is 0.0502. The summed E-state index contributed by atoms with van der Waals surface area (Å²) in [5.41, 5.74) is 2.70. The molecule has 3 aromatic carbocycles. The van der Waals surface area contributed by atoms with Crippen molar-refractivity contribution in [3.05, 3.63) is 94.5 Å². The fraction of sp³-hybridized carbons (Fsp3) is 0.333. The van der Waals surface area contributed by atoms with Gasteiger partial charge < -0.3 is 10.2 Å². The summed E-state index contributed by atoms with van der Waals surface area (Å²) in [6.45, 7) is 8.79. The van der Waals surface area contributed by atoms with Gasteiger partial charge in [0.2, 0.25) is 11.8 Å². The Bertz CT molecular complexity index is 1410. The fourth-order valence-corrected chi connectivity index (χ4v) is 6.04. The number of halogens is 1. The summed E-state index contributed by atoms with van der Waals surface area (Å²) >= 11 is 6.43. The second-order valence-electron chi connectivity index (χ2n) is 9.74. The molecule has 3 rings (SSSR count). The highest BCUT2D eigenvalue weighted by Gasteiger charge is 2.34. The zero-order valence-corrected chi connectivity index (χ0v) is 24.6. The highest BCUT2D eigenvalue weighted by molar-refractivity contribution is 7.92. The molecule has 1 atom stereocenters. The molecule has 2 amide bonds. The maximum atomic E-state index is 14.1. The molecule has 0 aliphatic heterocycles. The minimum Gasteiger partial charge on any atom is -0.352 e. The Morgan fingerprint density at radius 3 is 2.18 bits per heavy atom. The van der Waals surface area contributed by atoms with Gasteiger partial charge >= 0.3 is 0 Å². The third kappa shape index (κ3) is 7.19. The first-order valence-electron chi connectivity index (χ1n) is 12.9. The molecule has 0 fully saturated rings. The maximum Gasteiger partial charge on any atom is 0.264 e. The minimum atomic E-state index is -4.12. The number of aryl methyl sites for hydroxylation is 1. The lowest BCUT2D eigenvalue weighted by atomic mass is 10.1. The molecule has 0 aliphatic rings. The van der Waals surface area contributed by atoms with Crippen LogP contribution in [-0.4, -0.2) is 43.8 Å². The van der Waals surface area contributed by atoms with E-state index in [0.717, 1.165) is 15.4 Å². The van der Waals surface area contributed by atoms with Gasteiger partial charge in [0.05, 0.1) is 10.6 Å². The topological polar surface area (TPSA) is 86.8 Å². The summed E-state index contributed by atoms with van der Waals surface area (Å²) in [4.78, 5) is 28.8. The molecule has 39 heavy (non-hydrogen) atoms. The largest absolute Gasteiger partial charge is 0.352 e. The molecular weight excluding hydrogens is 534 g/mol. The van der Waals surface area contributed by atoms with Gasteiger partial charge in [-0.3, -0.25) is 13.9 Å². The molecule has 3 aromatic rings. The number of nitrogens with zero attached hydrogens (tertiary/aromatic N) is 2. The number of benzene rings is 3. The van der Waals surface area contributed by atoms with Crippen LogP contribution in [0.4, 0.5) is 5.69 Å². The van der Waals surface area contributed by atoms with Gasteiger partial charge in [-0.2, -0.15) is 0 Å². The van der Waals surface area contributed by atoms with Gasteiger partial charge in [0.15, 0.2) is 0 Å². The van der Waals surface area contributed by atoms with Crippen LogP contribution in [-0.2, 0) is 26.2 Å². The molecule has 0 bridgehead atoms. The second-order valence-corrected chi connectivity index (χ2v) is 12.0. The maximum absolute atomic E-state index is 14.1. The third-order valence-electron chi connectivity index (χ3n) is 6.57. The average molecular weight is 570 g/mol. The monoisotopic (exact) mass is 569 g/mol. The highest BCUT2D eigenvalue weighted by atomic mass is 35.5. The average Bonchev–Trinajstić information content (AvgIpc) is 2.90. The van der Waals surface area contributed by atoms with Gasteiger partial charge in [0.1, 0.15) is 12.6 Å². The van der Waals surface area contributed by atoms with Crippen LogP contribution >= 0.6 is 11.6 Å². The predicted octanol–water partition coefficient (Wildman–Crippen LogP) is 5.48. The third-order valence-corrected chi connectivity index (χ3v) is 8.71. The molecule has 0 saturated carbocycles. The number of anilines is 1. The number of amides is 2. The van der Waals surface area contributed by atoms with Crippen LogP contribution in [0.1, 0.15) is 43.9 Å². The molecule has 0 unspecified atom stereocenters. The van der Waals surface area contributed by atoms with E-state index in [4.69, 9.17) is 11.6 Å². The second kappa shape index (κ2) is 13.1. The Balaban J connectivity index is 2.11. The molecule has 208 valence electrons. The van der Waals surface area contributed by atoms with E-state index >= 15 is 0 Å². The molecule has 0 radical (unpaired) electrons. The summed E-state index contributed by atoms with van der Waals surface area (Å²) < 4.78 is 29.0. The quantitative estimate of drug-likeness (QED) is 0.331. The van der Waals surface area contributed by atoms with Crippen LogP contribution < -0.4 is 9.62 Å². The summed E-state index contributed by atoms with van der Waals surface area (Å²) in [5.74, 6) is -0.821. The number of nitrogens with one attached hydrogen (secondary N) is 1. The lowest BCUT2D eigenvalue weighted by molar-refractivity contribution is -0.140. The van der Waals surface area contributed by atoms with E-state index in [9.17, 15) is 18.0 Å². The number of hydrogen-bond donors (Lipinski definition) is 1. The predicted molar refractivity (Wildman–Crippen MR) is 156 cm³/mol. The summed E-state index contributed by atoms with van der Waals surface area (Å²) in [6.07, 6.45) is 0.337. The van der Waals surface area contributed by atoms with E-state index in [1.807, 2.05) is 40.7 Å². The zero-order chi connectivity index (χ0) is 28.7. The lowest BCUT2D eigenvalue weighted by Crippen LogP contribution is -2.53. The molecule has 9 heteroatoms. The normalized spacial score (nSPS) is 12.2. The van der Waals surface area contributed by atoms with E-state index in [0.29, 0.717) is 22.7 Å². The van der Waals surface area contributed by atoms with E-state index in [-0.39, 0.29) is 23.4 Å². The van der Waals surface area contributed by atoms with Crippen molar-refractivity contribution in [3.8, 4) is 0 Å². The molecule has 0 spiro atoms. The first-order valence-corrected chi connectivity index (χ1v) is 14.8. The molecule has 0 aliphatic carbocycles. The SMILES string of the molecule is CC[C@@H](C(=O)NC(C)C)N(Cc1ccccc1Cl)C(=O)CN(c1cccc(C)c1C)S(=O)(=O)c1ccccc1. The fourth-order valence-electron chi connectivity index (χ4n) is 4.35. The van der Waals surface area contributed by atoms with Crippen molar-refractivity contribution in [2.24, 2.45) is 0 Å². The van der Waals surface area contributed by atoms with Crippen LogP contribution in [0.25, 0.3) is 0 Å². The van der Waals surface area contributed by atoms with E-state index in [1.165, 1.54) is 17.0 Å². The first-order chi connectivity index (χ1) is 18.5. The number of hydrogen-bond acceptors (Lipinski definition) is 4. The Hall–Kier alpha value is -3.36. The van der Waals surface area contributed by atoms with Gasteiger partial charge in [0.25, 0.3) is 10.0 Å². The van der Waals surface area contributed by atoms with Crippen LogP contribution in [0.2, 0.25) is 5.02 Å². The van der Waals surface area contributed by atoms with Gasteiger partial charge in [0, 0.05) is 17.6 Å². The van der Waals surface area contributed by atoms with Crippen molar-refractivity contribution in [1.82, 2.24) is 10.2 Å². The van der Waals surface area contributed by atoms with Gasteiger partial charge in [-0.05, 0) is 75.1 Å². The number of carbonyl (C=O) groups is 2. The summed E-state index contributed by atoms with van der Waals surface area (Å²) in [6, 6.07) is 19.5. The van der Waals surface area contributed by atoms with Crippen LogP contribution in [0.3, 0.4) is 0 Å². The molecule has 0 saturated heterocycles. The zero-order valence-electron chi connectivity index (χ0n) is 23.0. The van der Waals surface area contributed by atoms with Crippen molar-refractivity contribution < 1.29 is 18.0 Å². The Morgan fingerprint density at radius 2 is 1.56 bits per heavy atom. The van der Waals surface area contributed by atoms with Gasteiger partial charge in [-0.1, -0.05) is 67.1 Å². The molecule has 0 aromatic heterocycles. The number of rotatable bonds is 11. The van der Waals surface area contributed by atoms with E-state index in [1.54, 1.807) is 54.6 Å². The van der Waals surface area contributed by atoms with Crippen molar-refractivity contribution in [2.75, 3.05) is 10.8 Å². The first kappa shape index (κ1) is 30.2. The number of carbonyl (C=O) groups excluding carboxylic acids is 2. The van der Waals surface area contributed by atoms with Crippen molar-refractivity contribution in [2.45, 2.75) is 64.6 Å². The standard InChI is InChI=1S/C30H36ClN3O4S/c1-6-27(30(36)32-21(2)3)33(19-24-14-10-11-17-26(24)31)29(35)20-34(28-18-12-13-22(4)23(28)5)39(37,38)25-15-8-7-9-16-25/h7-18,21,27H,6,19-20H2,1-5H3,(H,32,36)/t27-/m0/s1. The van der Waals surface area contributed by atoms with Crippen LogP contribution in [0.15, 0.2) is 77.7 Å². The molecule has 0 heterocycles.